The van der Waals surface area contributed by atoms with E-state index in [0.717, 1.165) is 6.07 Å². The van der Waals surface area contributed by atoms with Crippen molar-refractivity contribution in [2.45, 2.75) is 19.1 Å². The Kier molecular flexibility index (Phi) is 5.87. The fraction of sp³-hybridized carbons (Fsp3) is 0.250. The summed E-state index contributed by atoms with van der Waals surface area (Å²) in [5.74, 6) is 0.497. The zero-order valence-electron chi connectivity index (χ0n) is 19.8. The Bertz CT molecular complexity index is 1550. The monoisotopic (exact) mass is 507 g/mol. The Morgan fingerprint density at radius 3 is 2.70 bits per heavy atom. The molecule has 0 radical (unpaired) electrons. The van der Waals surface area contributed by atoms with Gasteiger partial charge in [0.2, 0.25) is 0 Å². The van der Waals surface area contributed by atoms with Crippen LogP contribution in [0.15, 0.2) is 42.9 Å². The van der Waals surface area contributed by atoms with Gasteiger partial charge >= 0.3 is 6.18 Å². The number of fused-ring (bicyclic) bond motifs is 1. The second kappa shape index (κ2) is 9.05. The van der Waals surface area contributed by atoms with Crippen molar-refractivity contribution in [2.24, 2.45) is 14.1 Å². The third-order valence-corrected chi connectivity index (χ3v) is 6.07. The third-order valence-electron chi connectivity index (χ3n) is 6.07. The van der Waals surface area contributed by atoms with Crippen LogP contribution in [0.3, 0.4) is 0 Å². The van der Waals surface area contributed by atoms with Crippen LogP contribution in [-0.2, 0) is 26.8 Å². The molecule has 4 aromatic rings. The first-order valence-corrected chi connectivity index (χ1v) is 11.2. The number of nitrogens with zero attached hydrogens (tertiary/aromatic N) is 8. The molecule has 0 saturated carbocycles. The zero-order chi connectivity index (χ0) is 26.3. The van der Waals surface area contributed by atoms with Crippen LogP contribution in [0.1, 0.15) is 27.9 Å². The average molecular weight is 507 g/mol. The first kappa shape index (κ1) is 24.0. The predicted octanol–water partition coefficient (Wildman–Crippen LogP) is 3.78. The fourth-order valence-corrected chi connectivity index (χ4v) is 4.38. The molecular weight excluding hydrogens is 487 g/mol. The first-order chi connectivity index (χ1) is 17.7. The summed E-state index contributed by atoms with van der Waals surface area (Å²) in [6.07, 6.45) is -1.20. The molecule has 1 amide bonds. The maximum absolute atomic E-state index is 13.6. The molecule has 188 valence electrons. The lowest BCUT2D eigenvalue weighted by Gasteiger charge is -2.18. The standard InChI is InChI=1S/C24H20F3N9O/c1-34-13-30-33-22(34)16-11-31-35(2)21(16)14-9-19(29-8-4-7-28)32-20(10-14)36-12-17-15(23(36)37)5-3-6-18(17)24(25,26)27/h3,5-6,9-11,13H,4,8,12H2,1-2H3,(H,29,32). The summed E-state index contributed by atoms with van der Waals surface area (Å²) in [5.41, 5.74) is 0.955. The largest absolute Gasteiger partial charge is 0.416 e. The van der Waals surface area contributed by atoms with Crippen LogP contribution in [0.4, 0.5) is 24.8 Å². The van der Waals surface area contributed by atoms with E-state index in [1.807, 2.05) is 6.07 Å². The van der Waals surface area contributed by atoms with Gasteiger partial charge in [-0.15, -0.1) is 10.2 Å². The van der Waals surface area contributed by atoms with E-state index in [1.165, 1.54) is 17.0 Å². The number of aryl methyl sites for hydroxylation is 2. The summed E-state index contributed by atoms with van der Waals surface area (Å²) in [6.45, 7) is 0.0137. The maximum atomic E-state index is 13.6. The fourth-order valence-electron chi connectivity index (χ4n) is 4.38. The van der Waals surface area contributed by atoms with Crippen molar-refractivity contribution in [1.29, 1.82) is 5.26 Å². The van der Waals surface area contributed by atoms with Crippen molar-refractivity contribution in [2.75, 3.05) is 16.8 Å². The van der Waals surface area contributed by atoms with Crippen molar-refractivity contribution in [3.63, 3.8) is 0 Å². The lowest BCUT2D eigenvalue weighted by Crippen LogP contribution is -2.24. The SMILES string of the molecule is Cn1cnnc1-c1cnn(C)c1-c1cc(NCCC#N)nc(N2Cc3c(cccc3C(F)(F)F)C2=O)c1. The Morgan fingerprint density at radius 1 is 1.19 bits per heavy atom. The number of alkyl halides is 3. The molecule has 5 rings (SSSR count). The molecule has 13 heteroatoms. The molecule has 0 fully saturated rings. The van der Waals surface area contributed by atoms with Crippen LogP contribution in [0.25, 0.3) is 22.6 Å². The van der Waals surface area contributed by atoms with Crippen molar-refractivity contribution < 1.29 is 18.0 Å². The molecule has 0 bridgehead atoms. The number of pyridine rings is 1. The number of aromatic nitrogens is 6. The molecule has 0 aliphatic carbocycles. The van der Waals surface area contributed by atoms with Gasteiger partial charge in [0, 0.05) is 31.8 Å². The van der Waals surface area contributed by atoms with Gasteiger partial charge in [-0.05, 0) is 29.8 Å². The highest BCUT2D eigenvalue weighted by molar-refractivity contribution is 6.10. The second-order valence-corrected chi connectivity index (χ2v) is 8.45. The molecule has 3 aromatic heterocycles. The zero-order valence-corrected chi connectivity index (χ0v) is 19.8. The van der Waals surface area contributed by atoms with Crippen LogP contribution in [-0.4, -0.2) is 42.0 Å². The summed E-state index contributed by atoms with van der Waals surface area (Å²) in [5, 5.41) is 24.4. The molecule has 0 spiro atoms. The second-order valence-electron chi connectivity index (χ2n) is 8.45. The van der Waals surface area contributed by atoms with Gasteiger partial charge in [-0.25, -0.2) is 4.98 Å². The summed E-state index contributed by atoms with van der Waals surface area (Å²) < 4.78 is 44.3. The molecule has 0 saturated heterocycles. The quantitative estimate of drug-likeness (QED) is 0.395. The number of nitrogens with one attached hydrogen (secondary N) is 1. The van der Waals surface area contributed by atoms with Crippen LogP contribution in [0.5, 0.6) is 0 Å². The molecule has 37 heavy (non-hydrogen) atoms. The number of rotatable bonds is 6. The first-order valence-electron chi connectivity index (χ1n) is 11.2. The van der Waals surface area contributed by atoms with Gasteiger partial charge in [0.1, 0.15) is 18.0 Å². The lowest BCUT2D eigenvalue weighted by atomic mass is 10.0. The van der Waals surface area contributed by atoms with Crippen LogP contribution in [0.2, 0.25) is 0 Å². The van der Waals surface area contributed by atoms with Crippen molar-refractivity contribution in [3.8, 4) is 28.7 Å². The Balaban J connectivity index is 1.62. The van der Waals surface area contributed by atoms with E-state index in [1.54, 1.807) is 48.0 Å². The number of nitriles is 1. The number of hydrogen-bond donors (Lipinski definition) is 1. The third kappa shape index (κ3) is 4.26. The Morgan fingerprint density at radius 2 is 2.00 bits per heavy atom. The van der Waals surface area contributed by atoms with Crippen LogP contribution < -0.4 is 10.2 Å². The molecule has 1 aliphatic rings. The lowest BCUT2D eigenvalue weighted by molar-refractivity contribution is -0.138. The van der Waals surface area contributed by atoms with Gasteiger partial charge < -0.3 is 9.88 Å². The van der Waals surface area contributed by atoms with Gasteiger partial charge in [-0.3, -0.25) is 14.4 Å². The van der Waals surface area contributed by atoms with Gasteiger partial charge in [-0.1, -0.05) is 6.07 Å². The topological polar surface area (TPSA) is 118 Å². The van der Waals surface area contributed by atoms with E-state index in [9.17, 15) is 18.0 Å². The van der Waals surface area contributed by atoms with Crippen molar-refractivity contribution in [1.82, 2.24) is 29.5 Å². The van der Waals surface area contributed by atoms with Gasteiger partial charge in [-0.2, -0.15) is 23.5 Å². The number of benzene rings is 1. The van der Waals surface area contributed by atoms with Gasteiger partial charge in [0.05, 0.1) is 42.1 Å². The van der Waals surface area contributed by atoms with E-state index in [4.69, 9.17) is 5.26 Å². The van der Waals surface area contributed by atoms with Crippen LogP contribution >= 0.6 is 0 Å². The normalized spacial score (nSPS) is 13.1. The minimum atomic E-state index is -4.60. The Hall–Kier alpha value is -4.73. The summed E-state index contributed by atoms with van der Waals surface area (Å²) in [7, 11) is 3.53. The molecule has 1 aromatic carbocycles. The molecule has 0 unspecified atom stereocenters. The van der Waals surface area contributed by atoms with E-state index in [0.29, 0.717) is 35.0 Å². The number of carbonyl (C=O) groups excluding carboxylic acids is 1. The number of amides is 1. The molecule has 1 aliphatic heterocycles. The van der Waals surface area contributed by atoms with Crippen molar-refractivity contribution >= 4 is 17.5 Å². The highest BCUT2D eigenvalue weighted by Crippen LogP contribution is 2.40. The highest BCUT2D eigenvalue weighted by atomic mass is 19.4. The smallest absolute Gasteiger partial charge is 0.369 e. The number of hydrogen-bond acceptors (Lipinski definition) is 7. The van der Waals surface area contributed by atoms with Crippen LogP contribution in [0, 0.1) is 11.3 Å². The number of carbonyl (C=O) groups is 1. The predicted molar refractivity (Wildman–Crippen MR) is 127 cm³/mol. The summed E-state index contributed by atoms with van der Waals surface area (Å²) >= 11 is 0. The number of halogens is 3. The van der Waals surface area contributed by atoms with E-state index in [-0.39, 0.29) is 29.9 Å². The molecular formula is C24H20F3N9O. The minimum Gasteiger partial charge on any atom is -0.369 e. The van der Waals surface area contributed by atoms with Crippen molar-refractivity contribution in [3.05, 3.63) is 59.5 Å². The highest BCUT2D eigenvalue weighted by Gasteiger charge is 2.40. The van der Waals surface area contributed by atoms with Gasteiger partial charge in [0.15, 0.2) is 5.82 Å². The summed E-state index contributed by atoms with van der Waals surface area (Å²) in [4.78, 5) is 18.9. The maximum Gasteiger partial charge on any atom is 0.416 e. The van der Waals surface area contributed by atoms with E-state index in [2.05, 4.69) is 25.6 Å². The minimum absolute atomic E-state index is 0.0127. The van der Waals surface area contributed by atoms with E-state index >= 15 is 0 Å². The number of anilines is 2. The summed E-state index contributed by atoms with van der Waals surface area (Å²) in [6, 6.07) is 8.98. The molecule has 1 N–H and O–H groups in total. The molecule has 4 heterocycles. The average Bonchev–Trinajstić information content (AvgIpc) is 3.55. The molecule has 10 nitrogen and oxygen atoms in total. The Labute approximate surface area is 209 Å². The van der Waals surface area contributed by atoms with Gasteiger partial charge in [0.25, 0.3) is 5.91 Å². The van der Waals surface area contributed by atoms with E-state index < -0.39 is 17.6 Å². The molecule has 0 atom stereocenters.